The van der Waals surface area contributed by atoms with Crippen LogP contribution in [0.5, 0.6) is 0 Å². The van der Waals surface area contributed by atoms with Gasteiger partial charge in [0.25, 0.3) is 5.69 Å². The van der Waals surface area contributed by atoms with E-state index in [4.69, 9.17) is 5.73 Å². The molecule has 19 heavy (non-hydrogen) atoms. The molecule has 0 amide bonds. The number of halogens is 1. The van der Waals surface area contributed by atoms with Crippen molar-refractivity contribution in [2.24, 2.45) is 17.6 Å². The molecule has 3 unspecified atom stereocenters. The lowest BCUT2D eigenvalue weighted by Gasteiger charge is -2.34. The van der Waals surface area contributed by atoms with Gasteiger partial charge in [-0.05, 0) is 43.1 Å². The zero-order chi connectivity index (χ0) is 13.6. The lowest BCUT2D eigenvalue weighted by atomic mass is 9.77. The summed E-state index contributed by atoms with van der Waals surface area (Å²) in [5, 5.41) is 10.7. The molecule has 3 rings (SSSR count). The smallest absolute Gasteiger partial charge is 0.270 e. The summed E-state index contributed by atoms with van der Waals surface area (Å²) in [6, 6.07) is 4.98. The molecule has 0 radical (unpaired) electrons. The van der Waals surface area contributed by atoms with E-state index in [0.29, 0.717) is 5.92 Å². The quantitative estimate of drug-likeness (QED) is 0.684. The van der Waals surface area contributed by atoms with Gasteiger partial charge in [-0.1, -0.05) is 28.4 Å². The fraction of sp³-hybridized carbons (Fsp3) is 0.571. The van der Waals surface area contributed by atoms with Crippen LogP contribution < -0.4 is 5.73 Å². The van der Waals surface area contributed by atoms with Crippen molar-refractivity contribution in [1.29, 1.82) is 0 Å². The minimum atomic E-state index is -0.371. The van der Waals surface area contributed by atoms with Crippen LogP contribution in [-0.2, 0) is 6.42 Å². The average Bonchev–Trinajstić information content (AvgIpc) is 2.91. The van der Waals surface area contributed by atoms with E-state index in [-0.39, 0.29) is 16.1 Å². The maximum absolute atomic E-state index is 10.7. The molecule has 0 spiro atoms. The summed E-state index contributed by atoms with van der Waals surface area (Å²) in [6.45, 7) is 0. The van der Waals surface area contributed by atoms with Gasteiger partial charge in [-0.2, -0.15) is 0 Å². The summed E-state index contributed by atoms with van der Waals surface area (Å²) in [5.41, 5.74) is 7.68. The van der Waals surface area contributed by atoms with Crippen molar-refractivity contribution in [3.63, 3.8) is 0 Å². The Morgan fingerprint density at radius 3 is 2.79 bits per heavy atom. The van der Waals surface area contributed by atoms with Crippen LogP contribution >= 0.6 is 15.9 Å². The molecule has 2 aliphatic rings. The summed E-state index contributed by atoms with van der Waals surface area (Å²) in [4.78, 5) is 10.4. The van der Waals surface area contributed by atoms with E-state index in [1.165, 1.54) is 19.3 Å². The Hall–Kier alpha value is -0.940. The van der Waals surface area contributed by atoms with Gasteiger partial charge in [-0.3, -0.25) is 10.1 Å². The third kappa shape index (κ3) is 2.30. The third-order valence-electron chi connectivity index (χ3n) is 4.79. The van der Waals surface area contributed by atoms with Crippen LogP contribution in [0.25, 0.3) is 0 Å². The van der Waals surface area contributed by atoms with Crippen LogP contribution in [0.4, 0.5) is 5.69 Å². The van der Waals surface area contributed by atoms with Gasteiger partial charge < -0.3 is 5.73 Å². The SMILES string of the molecule is NC1(Cc2ccc([N+](=O)[O-])cc2Br)CC2CCC1C2. The van der Waals surface area contributed by atoms with Gasteiger partial charge in [0.2, 0.25) is 0 Å². The highest BCUT2D eigenvalue weighted by atomic mass is 79.9. The van der Waals surface area contributed by atoms with Crippen molar-refractivity contribution in [2.75, 3.05) is 0 Å². The Bertz CT molecular complexity index is 534. The Morgan fingerprint density at radius 1 is 1.47 bits per heavy atom. The Labute approximate surface area is 120 Å². The molecular weight excluding hydrogens is 308 g/mol. The zero-order valence-corrected chi connectivity index (χ0v) is 12.2. The molecule has 2 N–H and O–H groups in total. The van der Waals surface area contributed by atoms with Gasteiger partial charge in [0, 0.05) is 22.1 Å². The predicted octanol–water partition coefficient (Wildman–Crippen LogP) is 3.42. The molecule has 1 aromatic carbocycles. The first-order valence-electron chi connectivity index (χ1n) is 6.70. The van der Waals surface area contributed by atoms with Crippen LogP contribution in [0.2, 0.25) is 0 Å². The van der Waals surface area contributed by atoms with E-state index in [1.54, 1.807) is 12.1 Å². The standard InChI is InChI=1S/C14H17BrN2O2/c15-13-6-12(17(18)19)4-2-10(13)8-14(16)7-9-1-3-11(14)5-9/h2,4,6,9,11H,1,3,5,7-8,16H2. The number of non-ortho nitro benzene ring substituents is 1. The van der Waals surface area contributed by atoms with E-state index in [0.717, 1.165) is 28.8 Å². The second-order valence-corrected chi connectivity index (χ2v) is 6.88. The predicted molar refractivity (Wildman–Crippen MR) is 76.9 cm³/mol. The van der Waals surface area contributed by atoms with Gasteiger partial charge in [-0.15, -0.1) is 0 Å². The zero-order valence-electron chi connectivity index (χ0n) is 10.6. The summed E-state index contributed by atoms with van der Waals surface area (Å²) >= 11 is 3.44. The number of nitro benzene ring substituents is 1. The second-order valence-electron chi connectivity index (χ2n) is 6.02. The van der Waals surface area contributed by atoms with Crippen LogP contribution in [0.15, 0.2) is 22.7 Å². The first kappa shape index (κ1) is 13.1. The van der Waals surface area contributed by atoms with Crippen LogP contribution in [-0.4, -0.2) is 10.5 Å². The molecule has 1 aromatic rings. The molecule has 0 heterocycles. The monoisotopic (exact) mass is 324 g/mol. The van der Waals surface area contributed by atoms with Crippen molar-refractivity contribution in [1.82, 2.24) is 0 Å². The first-order chi connectivity index (χ1) is 8.98. The van der Waals surface area contributed by atoms with E-state index in [2.05, 4.69) is 15.9 Å². The van der Waals surface area contributed by atoms with Crippen molar-refractivity contribution in [2.45, 2.75) is 37.6 Å². The number of nitrogens with zero attached hydrogens (tertiary/aromatic N) is 1. The molecule has 0 saturated heterocycles. The summed E-state index contributed by atoms with van der Waals surface area (Å²) in [7, 11) is 0. The molecule has 0 aliphatic heterocycles. The van der Waals surface area contributed by atoms with Gasteiger partial charge in [0.05, 0.1) is 4.92 Å². The van der Waals surface area contributed by atoms with Crippen LogP contribution in [0.1, 0.15) is 31.2 Å². The third-order valence-corrected chi connectivity index (χ3v) is 5.53. The number of nitro groups is 1. The second kappa shape index (κ2) is 4.56. The lowest BCUT2D eigenvalue weighted by molar-refractivity contribution is -0.384. The van der Waals surface area contributed by atoms with Crippen molar-refractivity contribution in [3.05, 3.63) is 38.3 Å². The molecule has 2 aliphatic carbocycles. The summed E-state index contributed by atoms with van der Waals surface area (Å²) in [5.74, 6) is 1.42. The van der Waals surface area contributed by atoms with Crippen LogP contribution in [0, 0.1) is 22.0 Å². The van der Waals surface area contributed by atoms with E-state index in [9.17, 15) is 10.1 Å². The Morgan fingerprint density at radius 2 is 2.26 bits per heavy atom. The first-order valence-corrected chi connectivity index (χ1v) is 7.49. The van der Waals surface area contributed by atoms with Gasteiger partial charge in [-0.25, -0.2) is 0 Å². The van der Waals surface area contributed by atoms with Gasteiger partial charge in [0.1, 0.15) is 0 Å². The number of nitrogens with two attached hydrogens (primary N) is 1. The largest absolute Gasteiger partial charge is 0.325 e. The molecule has 2 bridgehead atoms. The number of hydrogen-bond donors (Lipinski definition) is 1. The molecule has 2 fully saturated rings. The lowest BCUT2D eigenvalue weighted by Crippen LogP contribution is -2.47. The number of fused-ring (bicyclic) bond motifs is 2. The normalized spacial score (nSPS) is 32.7. The minimum absolute atomic E-state index is 0.110. The fourth-order valence-corrected chi connectivity index (χ4v) is 4.36. The topological polar surface area (TPSA) is 69.2 Å². The Kier molecular flexibility index (Phi) is 3.14. The van der Waals surface area contributed by atoms with E-state index >= 15 is 0 Å². The van der Waals surface area contributed by atoms with E-state index in [1.807, 2.05) is 6.07 Å². The molecule has 0 aromatic heterocycles. The van der Waals surface area contributed by atoms with Gasteiger partial charge >= 0.3 is 0 Å². The molecular formula is C14H17BrN2O2. The minimum Gasteiger partial charge on any atom is -0.325 e. The maximum atomic E-state index is 10.7. The Balaban J connectivity index is 1.82. The van der Waals surface area contributed by atoms with Crippen LogP contribution in [0.3, 0.4) is 0 Å². The molecule has 2 saturated carbocycles. The highest BCUT2D eigenvalue weighted by Gasteiger charge is 2.48. The average molecular weight is 325 g/mol. The summed E-state index contributed by atoms with van der Waals surface area (Å²) in [6.07, 6.45) is 5.74. The highest BCUT2D eigenvalue weighted by Crippen LogP contribution is 2.51. The van der Waals surface area contributed by atoms with Crippen molar-refractivity contribution >= 4 is 21.6 Å². The fourth-order valence-electron chi connectivity index (χ4n) is 3.85. The number of rotatable bonds is 3. The summed E-state index contributed by atoms with van der Waals surface area (Å²) < 4.78 is 0.800. The number of benzene rings is 1. The number of hydrogen-bond acceptors (Lipinski definition) is 3. The van der Waals surface area contributed by atoms with Crippen molar-refractivity contribution in [3.8, 4) is 0 Å². The molecule has 5 heteroatoms. The van der Waals surface area contributed by atoms with Crippen molar-refractivity contribution < 1.29 is 4.92 Å². The maximum Gasteiger partial charge on any atom is 0.270 e. The highest BCUT2D eigenvalue weighted by molar-refractivity contribution is 9.10. The molecule has 102 valence electrons. The van der Waals surface area contributed by atoms with E-state index < -0.39 is 0 Å². The van der Waals surface area contributed by atoms with Gasteiger partial charge in [0.15, 0.2) is 0 Å². The molecule has 3 atom stereocenters. The molecule has 4 nitrogen and oxygen atoms in total.